The van der Waals surface area contributed by atoms with Crippen LogP contribution in [0, 0.1) is 12.8 Å². The molecule has 0 aliphatic rings. The van der Waals surface area contributed by atoms with Gasteiger partial charge in [-0.25, -0.2) is 0 Å². The van der Waals surface area contributed by atoms with Crippen LogP contribution in [0.4, 0.5) is 0 Å². The third-order valence-electron chi connectivity index (χ3n) is 2.31. The summed E-state index contributed by atoms with van der Waals surface area (Å²) in [7, 11) is 0. The zero-order valence-corrected chi connectivity index (χ0v) is 17.2. The average Bonchev–Trinajstić information content (AvgIpc) is 2.15. The number of carbonyl (C=O) groups is 2. The molecule has 4 nitrogen and oxygen atoms in total. The van der Waals surface area contributed by atoms with E-state index in [-0.39, 0.29) is 109 Å². The second-order valence-electron chi connectivity index (χ2n) is 3.79. The number of aliphatic carboxylic acids is 2. The normalized spacial score (nSPS) is 10.7. The molecule has 18 heavy (non-hydrogen) atoms. The molecular weight excluding hydrogens is 286 g/mol. The van der Waals surface area contributed by atoms with Crippen molar-refractivity contribution in [3.63, 3.8) is 0 Å². The van der Waals surface area contributed by atoms with Gasteiger partial charge in [-0.2, -0.15) is 0 Å². The van der Waals surface area contributed by atoms with Gasteiger partial charge in [-0.3, -0.25) is 0 Å². The summed E-state index contributed by atoms with van der Waals surface area (Å²) in [6, 6.07) is 7.27. The van der Waals surface area contributed by atoms with E-state index in [1.165, 1.54) is 0 Å². The molecule has 0 saturated carbocycles. The first-order valence-corrected chi connectivity index (χ1v) is 4.95. The first kappa shape index (κ1) is 21.7. The van der Waals surface area contributed by atoms with Crippen LogP contribution in [-0.4, -0.2) is 11.9 Å². The minimum Gasteiger partial charge on any atom is -0.550 e. The number of hydrogen-bond acceptors (Lipinski definition) is 4. The average molecular weight is 298 g/mol. The van der Waals surface area contributed by atoms with Gasteiger partial charge in [0.1, 0.15) is 0 Å². The van der Waals surface area contributed by atoms with Gasteiger partial charge in [0.05, 0.1) is 0 Å². The zero-order chi connectivity index (χ0) is 12.1. The zero-order valence-electron chi connectivity index (χ0n) is 10.9. The van der Waals surface area contributed by atoms with E-state index in [0.29, 0.717) is 0 Å². The molecule has 0 heterocycles. The van der Waals surface area contributed by atoms with Crippen LogP contribution in [0.3, 0.4) is 0 Å². The van der Waals surface area contributed by atoms with Crippen molar-refractivity contribution in [3.05, 3.63) is 35.4 Å². The summed E-state index contributed by atoms with van der Waals surface area (Å²) in [5, 5.41) is 21.1. The monoisotopic (exact) mass is 298 g/mol. The number of aryl methyl sites for hydroxylation is 1. The SMILES string of the molecule is Cc1cccc(CC(CC(=O)[O-])C(=O)[O-])c1.[K+].[K+]. The minimum absolute atomic E-state index is 0. The Labute approximate surface area is 191 Å². The van der Waals surface area contributed by atoms with Crippen molar-refractivity contribution in [2.75, 3.05) is 0 Å². The van der Waals surface area contributed by atoms with Crippen molar-refractivity contribution < 1.29 is 123 Å². The summed E-state index contributed by atoms with van der Waals surface area (Å²) < 4.78 is 0. The van der Waals surface area contributed by atoms with Crippen LogP contribution in [0.1, 0.15) is 17.5 Å². The molecule has 1 aromatic carbocycles. The van der Waals surface area contributed by atoms with Crippen LogP contribution >= 0.6 is 0 Å². The Balaban J connectivity index is 0. The first-order valence-electron chi connectivity index (χ1n) is 4.95. The van der Waals surface area contributed by atoms with E-state index in [4.69, 9.17) is 0 Å². The predicted molar refractivity (Wildman–Crippen MR) is 53.0 cm³/mol. The minimum atomic E-state index is -1.37. The third kappa shape index (κ3) is 8.57. The summed E-state index contributed by atoms with van der Waals surface area (Å²) in [6.07, 6.45) is -0.367. The molecule has 0 aliphatic heterocycles. The quantitative estimate of drug-likeness (QED) is 0.506. The molecule has 0 aromatic heterocycles. The Morgan fingerprint density at radius 3 is 2.28 bits per heavy atom. The van der Waals surface area contributed by atoms with Gasteiger partial charge in [-0.05, 0) is 25.3 Å². The third-order valence-corrected chi connectivity index (χ3v) is 2.31. The predicted octanol–water partition coefficient (Wildman–Crippen LogP) is -6.95. The van der Waals surface area contributed by atoms with Gasteiger partial charge in [0.2, 0.25) is 0 Å². The molecule has 0 fully saturated rings. The van der Waals surface area contributed by atoms with E-state index in [0.717, 1.165) is 11.1 Å². The topological polar surface area (TPSA) is 80.3 Å². The molecule has 1 aromatic rings. The van der Waals surface area contributed by atoms with Crippen molar-refractivity contribution in [2.45, 2.75) is 19.8 Å². The molecule has 0 bridgehead atoms. The molecule has 1 rings (SSSR count). The summed E-state index contributed by atoms with van der Waals surface area (Å²) in [5.74, 6) is -3.76. The van der Waals surface area contributed by atoms with E-state index in [9.17, 15) is 19.8 Å². The number of hydrogen-bond donors (Lipinski definition) is 0. The van der Waals surface area contributed by atoms with Crippen molar-refractivity contribution >= 4 is 11.9 Å². The van der Waals surface area contributed by atoms with Crippen molar-refractivity contribution in [2.24, 2.45) is 5.92 Å². The van der Waals surface area contributed by atoms with Crippen LogP contribution in [0.5, 0.6) is 0 Å². The van der Waals surface area contributed by atoms with Gasteiger partial charge in [0.15, 0.2) is 0 Å². The Hall–Kier alpha value is 1.43. The summed E-state index contributed by atoms with van der Waals surface area (Å²) in [5.41, 5.74) is 1.79. The van der Waals surface area contributed by atoms with Crippen LogP contribution in [0.15, 0.2) is 24.3 Å². The molecule has 0 amide bonds. The number of carbonyl (C=O) groups excluding carboxylic acids is 2. The Bertz CT molecular complexity index is 407. The fraction of sp³-hybridized carbons (Fsp3) is 0.333. The summed E-state index contributed by atoms with van der Waals surface area (Å²) in [4.78, 5) is 21.1. The van der Waals surface area contributed by atoms with E-state index < -0.39 is 24.3 Å². The van der Waals surface area contributed by atoms with Gasteiger partial charge in [-0.15, -0.1) is 0 Å². The maximum atomic E-state index is 10.7. The fourth-order valence-electron chi connectivity index (χ4n) is 1.56. The molecule has 0 N–H and O–H groups in total. The van der Waals surface area contributed by atoms with Crippen LogP contribution in [-0.2, 0) is 16.0 Å². The number of carboxylic acid groups (broad SMARTS) is 2. The van der Waals surface area contributed by atoms with E-state index in [1.807, 2.05) is 19.1 Å². The van der Waals surface area contributed by atoms with Gasteiger partial charge in [0, 0.05) is 17.9 Å². The number of rotatable bonds is 5. The van der Waals surface area contributed by atoms with Crippen molar-refractivity contribution in [1.82, 2.24) is 0 Å². The van der Waals surface area contributed by atoms with Crippen LogP contribution in [0.25, 0.3) is 0 Å². The van der Waals surface area contributed by atoms with Crippen LogP contribution in [0.2, 0.25) is 0 Å². The van der Waals surface area contributed by atoms with E-state index in [2.05, 4.69) is 0 Å². The van der Waals surface area contributed by atoms with Crippen molar-refractivity contribution in [1.29, 1.82) is 0 Å². The maximum absolute atomic E-state index is 10.7. The molecular formula is C12H12K2O4. The van der Waals surface area contributed by atoms with E-state index in [1.54, 1.807) is 12.1 Å². The van der Waals surface area contributed by atoms with E-state index >= 15 is 0 Å². The molecule has 0 radical (unpaired) electrons. The molecule has 1 atom stereocenters. The Morgan fingerprint density at radius 1 is 1.22 bits per heavy atom. The maximum Gasteiger partial charge on any atom is 1.00 e. The summed E-state index contributed by atoms with van der Waals surface area (Å²) in [6.45, 7) is 1.89. The molecule has 6 heteroatoms. The van der Waals surface area contributed by atoms with Gasteiger partial charge >= 0.3 is 103 Å². The number of benzene rings is 1. The van der Waals surface area contributed by atoms with Gasteiger partial charge in [-0.1, -0.05) is 29.8 Å². The molecule has 1 unspecified atom stereocenters. The van der Waals surface area contributed by atoms with Gasteiger partial charge in [0.25, 0.3) is 0 Å². The Morgan fingerprint density at radius 2 is 1.83 bits per heavy atom. The molecule has 0 spiro atoms. The largest absolute Gasteiger partial charge is 1.00 e. The Kier molecular flexibility index (Phi) is 13.4. The second kappa shape index (κ2) is 11.1. The molecule has 86 valence electrons. The standard InChI is InChI=1S/C12H14O4.2K/c1-8-3-2-4-9(5-8)6-10(12(15)16)7-11(13)14;;/h2-5,10H,6-7H2,1H3,(H,13,14)(H,15,16);;/q;2*+1/p-2. The number of carboxylic acids is 2. The molecule has 0 saturated heterocycles. The summed E-state index contributed by atoms with van der Waals surface area (Å²) >= 11 is 0. The van der Waals surface area contributed by atoms with Gasteiger partial charge < -0.3 is 19.8 Å². The van der Waals surface area contributed by atoms with Crippen molar-refractivity contribution in [3.8, 4) is 0 Å². The second-order valence-corrected chi connectivity index (χ2v) is 3.79. The first-order chi connectivity index (χ1) is 7.49. The molecule has 0 aliphatic carbocycles. The van der Waals surface area contributed by atoms with Crippen LogP contribution < -0.4 is 113 Å². The smallest absolute Gasteiger partial charge is 0.550 e. The fourth-order valence-corrected chi connectivity index (χ4v) is 1.56.